The molecule has 2 atom stereocenters. The van der Waals surface area contributed by atoms with Gasteiger partial charge in [0.25, 0.3) is 0 Å². The lowest BCUT2D eigenvalue weighted by Gasteiger charge is -2.39. The SMILES string of the molecule is CCOC(=O)C1C(=O)NC(N2CCN(c3cccc(Cl)c3)CC2)=NC1c1ccccc1OC. The van der Waals surface area contributed by atoms with Crippen molar-refractivity contribution in [1.82, 2.24) is 10.2 Å². The Bertz CT molecular complexity index is 1050. The quantitative estimate of drug-likeness (QED) is 0.534. The van der Waals surface area contributed by atoms with Gasteiger partial charge >= 0.3 is 5.97 Å². The molecule has 4 rings (SSSR count). The lowest BCUT2D eigenvalue weighted by Crippen LogP contribution is -2.57. The van der Waals surface area contributed by atoms with E-state index in [1.807, 2.05) is 47.4 Å². The maximum absolute atomic E-state index is 13.1. The Morgan fingerprint density at radius 1 is 1.12 bits per heavy atom. The van der Waals surface area contributed by atoms with Crippen LogP contribution in [-0.2, 0) is 14.3 Å². The summed E-state index contributed by atoms with van der Waals surface area (Å²) in [5.74, 6) is -1.08. The standard InChI is InChI=1S/C24H27ClN4O4/c1-3-33-23(31)20-21(18-9-4-5-10-19(18)32-2)26-24(27-22(20)30)29-13-11-28(12-14-29)17-8-6-7-16(25)15-17/h4-10,15,20-21H,3,11-14H2,1-2H3,(H,26,27,30). The fraction of sp³-hybridized carbons (Fsp3) is 0.375. The molecule has 174 valence electrons. The molecular formula is C24H27ClN4O4. The molecule has 0 radical (unpaired) electrons. The zero-order valence-electron chi connectivity index (χ0n) is 18.7. The van der Waals surface area contributed by atoms with Crippen LogP contribution < -0.4 is 15.0 Å². The second-order valence-corrected chi connectivity index (χ2v) is 8.25. The number of anilines is 1. The molecule has 0 aliphatic carbocycles. The summed E-state index contributed by atoms with van der Waals surface area (Å²) in [6.45, 7) is 4.71. The van der Waals surface area contributed by atoms with Gasteiger partial charge in [0, 0.05) is 42.5 Å². The summed E-state index contributed by atoms with van der Waals surface area (Å²) in [4.78, 5) is 34.9. The molecule has 2 heterocycles. The third-order valence-electron chi connectivity index (χ3n) is 5.85. The van der Waals surface area contributed by atoms with Crippen molar-refractivity contribution in [3.8, 4) is 5.75 Å². The van der Waals surface area contributed by atoms with E-state index < -0.39 is 23.8 Å². The molecule has 1 N–H and O–H groups in total. The van der Waals surface area contributed by atoms with Gasteiger partial charge in [0.15, 0.2) is 5.92 Å². The van der Waals surface area contributed by atoms with Crippen molar-refractivity contribution in [2.75, 3.05) is 44.8 Å². The van der Waals surface area contributed by atoms with Crippen molar-refractivity contribution < 1.29 is 19.1 Å². The minimum Gasteiger partial charge on any atom is -0.496 e. The summed E-state index contributed by atoms with van der Waals surface area (Å²) >= 11 is 6.14. The number of guanidine groups is 1. The van der Waals surface area contributed by atoms with Gasteiger partial charge in [-0.15, -0.1) is 0 Å². The van der Waals surface area contributed by atoms with Crippen LogP contribution in [0.5, 0.6) is 5.75 Å². The molecule has 2 aliphatic rings. The zero-order valence-corrected chi connectivity index (χ0v) is 19.4. The average Bonchev–Trinajstić information content (AvgIpc) is 2.83. The molecule has 33 heavy (non-hydrogen) atoms. The molecule has 0 aromatic heterocycles. The number of rotatable bonds is 5. The molecule has 0 bridgehead atoms. The van der Waals surface area contributed by atoms with E-state index in [0.29, 0.717) is 35.4 Å². The Balaban J connectivity index is 1.59. The molecule has 1 fully saturated rings. The average molecular weight is 471 g/mol. The predicted octanol–water partition coefficient (Wildman–Crippen LogP) is 2.88. The molecular weight excluding hydrogens is 444 g/mol. The molecule has 1 saturated heterocycles. The topological polar surface area (TPSA) is 83.5 Å². The molecule has 9 heteroatoms. The molecule has 2 aromatic carbocycles. The molecule has 2 aromatic rings. The number of esters is 1. The Morgan fingerprint density at radius 3 is 2.55 bits per heavy atom. The number of para-hydroxylation sites is 1. The summed E-state index contributed by atoms with van der Waals surface area (Å²) in [6.07, 6.45) is 0. The summed E-state index contributed by atoms with van der Waals surface area (Å²) in [5, 5.41) is 3.53. The van der Waals surface area contributed by atoms with Crippen LogP contribution in [0.2, 0.25) is 5.02 Å². The van der Waals surface area contributed by atoms with Gasteiger partial charge in [-0.1, -0.05) is 35.9 Å². The number of aliphatic imine (C=N–C) groups is 1. The smallest absolute Gasteiger partial charge is 0.321 e. The van der Waals surface area contributed by atoms with Crippen LogP contribution >= 0.6 is 11.6 Å². The van der Waals surface area contributed by atoms with Gasteiger partial charge in [-0.25, -0.2) is 4.99 Å². The minimum atomic E-state index is -1.09. The highest BCUT2D eigenvalue weighted by atomic mass is 35.5. The second-order valence-electron chi connectivity index (χ2n) is 7.81. The number of halogens is 1. The van der Waals surface area contributed by atoms with Crippen LogP contribution in [0.1, 0.15) is 18.5 Å². The van der Waals surface area contributed by atoms with E-state index in [0.717, 1.165) is 18.8 Å². The summed E-state index contributed by atoms with van der Waals surface area (Å²) in [6, 6.07) is 14.3. The lowest BCUT2D eigenvalue weighted by atomic mass is 9.90. The first-order valence-electron chi connectivity index (χ1n) is 11.0. The van der Waals surface area contributed by atoms with E-state index in [9.17, 15) is 9.59 Å². The number of ether oxygens (including phenoxy) is 2. The first kappa shape index (κ1) is 22.9. The fourth-order valence-corrected chi connectivity index (χ4v) is 4.39. The number of hydrogen-bond acceptors (Lipinski definition) is 7. The first-order chi connectivity index (χ1) is 16.0. The zero-order chi connectivity index (χ0) is 23.4. The first-order valence-corrected chi connectivity index (χ1v) is 11.3. The monoisotopic (exact) mass is 470 g/mol. The van der Waals surface area contributed by atoms with Crippen molar-refractivity contribution in [3.63, 3.8) is 0 Å². The van der Waals surface area contributed by atoms with Gasteiger partial charge in [-0.05, 0) is 31.2 Å². The highest BCUT2D eigenvalue weighted by Crippen LogP contribution is 2.36. The highest BCUT2D eigenvalue weighted by molar-refractivity contribution is 6.30. The van der Waals surface area contributed by atoms with Crippen LogP contribution in [0.3, 0.4) is 0 Å². The minimum absolute atomic E-state index is 0.184. The molecule has 2 aliphatic heterocycles. The number of hydrogen-bond donors (Lipinski definition) is 1. The number of piperazine rings is 1. The van der Waals surface area contributed by atoms with Crippen molar-refractivity contribution in [1.29, 1.82) is 0 Å². The van der Waals surface area contributed by atoms with E-state index >= 15 is 0 Å². The van der Waals surface area contributed by atoms with Gasteiger partial charge in [0.05, 0.1) is 13.7 Å². The van der Waals surface area contributed by atoms with Crippen LogP contribution in [0, 0.1) is 5.92 Å². The van der Waals surface area contributed by atoms with Crippen molar-refractivity contribution >= 4 is 35.1 Å². The van der Waals surface area contributed by atoms with Crippen LogP contribution in [0.4, 0.5) is 5.69 Å². The van der Waals surface area contributed by atoms with E-state index in [4.69, 9.17) is 26.1 Å². The van der Waals surface area contributed by atoms with Crippen molar-refractivity contribution in [2.24, 2.45) is 10.9 Å². The van der Waals surface area contributed by atoms with Crippen LogP contribution in [0.25, 0.3) is 0 Å². The highest BCUT2D eigenvalue weighted by Gasteiger charge is 2.43. The molecule has 0 saturated carbocycles. The Labute approximate surface area is 198 Å². The third-order valence-corrected chi connectivity index (χ3v) is 6.08. The van der Waals surface area contributed by atoms with Crippen molar-refractivity contribution in [2.45, 2.75) is 13.0 Å². The Hall–Kier alpha value is -3.26. The molecule has 1 amide bonds. The number of carbonyl (C=O) groups excluding carboxylic acids is 2. The van der Waals surface area contributed by atoms with Gasteiger partial charge in [-0.2, -0.15) is 0 Å². The second kappa shape index (κ2) is 10.1. The van der Waals surface area contributed by atoms with Crippen molar-refractivity contribution in [3.05, 3.63) is 59.1 Å². The van der Waals surface area contributed by atoms with E-state index in [2.05, 4.69) is 10.2 Å². The number of nitrogens with one attached hydrogen (secondary N) is 1. The maximum atomic E-state index is 13.1. The van der Waals surface area contributed by atoms with Crippen LogP contribution in [0.15, 0.2) is 53.5 Å². The predicted molar refractivity (Wildman–Crippen MR) is 127 cm³/mol. The molecule has 0 spiro atoms. The molecule has 2 unspecified atom stereocenters. The van der Waals surface area contributed by atoms with Gasteiger partial charge in [0.1, 0.15) is 11.8 Å². The third kappa shape index (κ3) is 4.90. The van der Waals surface area contributed by atoms with Gasteiger partial charge in [-0.3, -0.25) is 14.9 Å². The number of nitrogens with zero attached hydrogens (tertiary/aromatic N) is 3. The number of benzene rings is 2. The maximum Gasteiger partial charge on any atom is 0.321 e. The van der Waals surface area contributed by atoms with E-state index in [1.54, 1.807) is 20.1 Å². The van der Waals surface area contributed by atoms with Crippen LogP contribution in [-0.4, -0.2) is 62.6 Å². The number of methoxy groups -OCH3 is 1. The Morgan fingerprint density at radius 2 is 1.85 bits per heavy atom. The largest absolute Gasteiger partial charge is 0.496 e. The lowest BCUT2D eigenvalue weighted by molar-refractivity contribution is -0.153. The normalized spacial score (nSPS) is 20.7. The summed E-state index contributed by atoms with van der Waals surface area (Å²) in [5.41, 5.74) is 1.73. The summed E-state index contributed by atoms with van der Waals surface area (Å²) < 4.78 is 10.7. The summed E-state index contributed by atoms with van der Waals surface area (Å²) in [7, 11) is 1.56. The number of amides is 1. The fourth-order valence-electron chi connectivity index (χ4n) is 4.21. The van der Waals surface area contributed by atoms with Gasteiger partial charge in [0.2, 0.25) is 11.9 Å². The number of carbonyl (C=O) groups is 2. The van der Waals surface area contributed by atoms with E-state index in [1.165, 1.54) is 0 Å². The van der Waals surface area contributed by atoms with Gasteiger partial charge < -0.3 is 19.3 Å². The van der Waals surface area contributed by atoms with E-state index in [-0.39, 0.29) is 6.61 Å². The Kier molecular flexibility index (Phi) is 7.03. The molecule has 8 nitrogen and oxygen atoms in total.